The third-order valence-corrected chi connectivity index (χ3v) is 5.62. The number of hydrogen-bond donors (Lipinski definition) is 2. The Bertz CT molecular complexity index is 592. The zero-order valence-corrected chi connectivity index (χ0v) is 14.0. The molecule has 2 rings (SSSR count). The molecule has 1 aliphatic heterocycles. The van der Waals surface area contributed by atoms with E-state index in [4.69, 9.17) is 11.6 Å². The summed E-state index contributed by atoms with van der Waals surface area (Å²) in [6, 6.07) is 5.08. The zero-order valence-electron chi connectivity index (χ0n) is 12.4. The fourth-order valence-electron chi connectivity index (χ4n) is 2.57. The molecule has 5 nitrogen and oxygen atoms in total. The van der Waals surface area contributed by atoms with Gasteiger partial charge in [0, 0.05) is 19.6 Å². The molecule has 2 N–H and O–H groups in total. The number of nitrogens with one attached hydrogen (secondary N) is 2. The van der Waals surface area contributed by atoms with E-state index in [1.54, 1.807) is 12.1 Å². The van der Waals surface area contributed by atoms with Gasteiger partial charge in [0.05, 0.1) is 5.02 Å². The van der Waals surface area contributed by atoms with Crippen molar-refractivity contribution in [2.45, 2.75) is 17.9 Å². The Labute approximate surface area is 131 Å². The minimum Gasteiger partial charge on any atom is -0.316 e. The summed E-state index contributed by atoms with van der Waals surface area (Å²) in [7, 11) is 0.300. The summed E-state index contributed by atoms with van der Waals surface area (Å²) in [4.78, 5) is 2.36. The summed E-state index contributed by atoms with van der Waals surface area (Å²) in [6.07, 6.45) is 1.02. The van der Waals surface area contributed by atoms with Crippen molar-refractivity contribution in [2.24, 2.45) is 5.92 Å². The molecule has 1 aromatic rings. The number of nitrogens with zero attached hydrogens (tertiary/aromatic N) is 1. The molecule has 1 aromatic carbocycles. The van der Waals surface area contributed by atoms with Gasteiger partial charge >= 0.3 is 0 Å². The van der Waals surface area contributed by atoms with Crippen LogP contribution in [-0.4, -0.2) is 47.0 Å². The molecule has 0 spiro atoms. The van der Waals surface area contributed by atoms with Gasteiger partial charge in [-0.25, -0.2) is 13.1 Å². The van der Waals surface area contributed by atoms with Crippen molar-refractivity contribution >= 4 is 21.6 Å². The third-order valence-electron chi connectivity index (χ3n) is 3.72. The van der Waals surface area contributed by atoms with Crippen molar-refractivity contribution in [3.63, 3.8) is 0 Å². The van der Waals surface area contributed by atoms with Crippen LogP contribution in [0.4, 0.5) is 0 Å². The van der Waals surface area contributed by atoms with Crippen molar-refractivity contribution in [1.82, 2.24) is 14.9 Å². The average Bonchev–Trinajstić information content (AvgIpc) is 2.85. The molecule has 1 aliphatic rings. The average molecular weight is 332 g/mol. The first-order chi connectivity index (χ1) is 9.92. The van der Waals surface area contributed by atoms with Crippen LogP contribution in [0.1, 0.15) is 12.0 Å². The highest BCUT2D eigenvalue weighted by molar-refractivity contribution is 7.89. The van der Waals surface area contributed by atoms with E-state index >= 15 is 0 Å². The minimum absolute atomic E-state index is 0.156. The highest BCUT2D eigenvalue weighted by Crippen LogP contribution is 2.23. The molecule has 0 aromatic heterocycles. The second-order valence-electron chi connectivity index (χ2n) is 5.56. The first-order valence-corrected chi connectivity index (χ1v) is 8.89. The maximum Gasteiger partial charge on any atom is 0.242 e. The first kappa shape index (κ1) is 16.7. The summed E-state index contributed by atoms with van der Waals surface area (Å²) in [6.45, 7) is 3.01. The van der Waals surface area contributed by atoms with E-state index in [1.165, 1.54) is 0 Å². The van der Waals surface area contributed by atoms with Crippen LogP contribution in [0.25, 0.3) is 0 Å². The number of hydrogen-bond acceptors (Lipinski definition) is 4. The van der Waals surface area contributed by atoms with E-state index in [9.17, 15) is 8.42 Å². The number of halogens is 1. The van der Waals surface area contributed by atoms with Crippen molar-refractivity contribution in [3.8, 4) is 0 Å². The molecule has 21 heavy (non-hydrogen) atoms. The van der Waals surface area contributed by atoms with Crippen molar-refractivity contribution < 1.29 is 8.42 Å². The topological polar surface area (TPSA) is 61.4 Å². The van der Waals surface area contributed by atoms with Gasteiger partial charge in [-0.2, -0.15) is 0 Å². The van der Waals surface area contributed by atoms with Crippen LogP contribution < -0.4 is 10.0 Å². The van der Waals surface area contributed by atoms with Crippen molar-refractivity contribution in [3.05, 3.63) is 28.8 Å². The number of rotatable bonds is 6. The van der Waals surface area contributed by atoms with Gasteiger partial charge in [-0.05, 0) is 50.7 Å². The highest BCUT2D eigenvalue weighted by atomic mass is 35.5. The Morgan fingerprint density at radius 2 is 2.19 bits per heavy atom. The SMILES string of the molecule is CNCc1ccc(Cl)c(S(=O)(=O)NCC2CCN(C)C2)c1. The normalized spacial score (nSPS) is 20.0. The molecule has 0 saturated carbocycles. The van der Waals surface area contributed by atoms with Crippen LogP contribution >= 0.6 is 11.6 Å². The lowest BCUT2D eigenvalue weighted by Crippen LogP contribution is -2.30. The molecule has 0 aliphatic carbocycles. The molecule has 1 fully saturated rings. The molecular weight excluding hydrogens is 310 g/mol. The van der Waals surface area contributed by atoms with Crippen LogP contribution in [0.3, 0.4) is 0 Å². The third kappa shape index (κ3) is 4.40. The van der Waals surface area contributed by atoms with E-state index in [2.05, 4.69) is 14.9 Å². The monoisotopic (exact) mass is 331 g/mol. The summed E-state index contributed by atoms with van der Waals surface area (Å²) in [5.41, 5.74) is 0.892. The summed E-state index contributed by atoms with van der Waals surface area (Å²) < 4.78 is 27.5. The Hall–Kier alpha value is -0.660. The van der Waals surface area contributed by atoms with E-state index in [0.29, 0.717) is 19.0 Å². The number of sulfonamides is 1. The van der Waals surface area contributed by atoms with Gasteiger partial charge in [0.1, 0.15) is 4.90 Å². The van der Waals surface area contributed by atoms with Gasteiger partial charge in [0.15, 0.2) is 0 Å². The lowest BCUT2D eigenvalue weighted by molar-refractivity contribution is 0.394. The zero-order chi connectivity index (χ0) is 15.5. The van der Waals surface area contributed by atoms with Gasteiger partial charge in [-0.15, -0.1) is 0 Å². The standard InChI is InChI=1S/C14H22ClN3O2S/c1-16-8-11-3-4-13(15)14(7-11)21(19,20)17-9-12-5-6-18(2)10-12/h3-4,7,12,16-17H,5-6,8-10H2,1-2H3. The lowest BCUT2D eigenvalue weighted by Gasteiger charge is -2.13. The van der Waals surface area contributed by atoms with Crippen molar-refractivity contribution in [2.75, 3.05) is 33.7 Å². The molecule has 118 valence electrons. The summed E-state index contributed by atoms with van der Waals surface area (Å²) in [5.74, 6) is 0.365. The molecule has 0 bridgehead atoms. The van der Waals surface area contributed by atoms with Crippen LogP contribution in [0.2, 0.25) is 5.02 Å². The smallest absolute Gasteiger partial charge is 0.242 e. The Morgan fingerprint density at radius 3 is 2.81 bits per heavy atom. The Morgan fingerprint density at radius 1 is 1.43 bits per heavy atom. The maximum absolute atomic E-state index is 12.4. The van der Waals surface area contributed by atoms with Gasteiger partial charge < -0.3 is 10.2 Å². The highest BCUT2D eigenvalue weighted by Gasteiger charge is 2.23. The van der Waals surface area contributed by atoms with E-state index in [1.807, 2.05) is 20.2 Å². The molecular formula is C14H22ClN3O2S. The van der Waals surface area contributed by atoms with E-state index in [0.717, 1.165) is 25.1 Å². The van der Waals surface area contributed by atoms with Gasteiger partial charge in [-0.1, -0.05) is 17.7 Å². The quantitative estimate of drug-likeness (QED) is 0.824. The molecule has 1 unspecified atom stereocenters. The van der Waals surface area contributed by atoms with Crippen LogP contribution in [-0.2, 0) is 16.6 Å². The molecule has 0 radical (unpaired) electrons. The Kier molecular flexibility index (Phi) is 5.62. The van der Waals surface area contributed by atoms with E-state index < -0.39 is 10.0 Å². The predicted molar refractivity (Wildman–Crippen MR) is 85.0 cm³/mol. The Balaban J connectivity index is 2.09. The molecule has 0 amide bonds. The number of likely N-dealkylation sites (tertiary alicyclic amines) is 1. The first-order valence-electron chi connectivity index (χ1n) is 7.03. The predicted octanol–water partition coefficient (Wildman–Crippen LogP) is 1.29. The van der Waals surface area contributed by atoms with Crippen LogP contribution in [0.5, 0.6) is 0 Å². The van der Waals surface area contributed by atoms with Gasteiger partial charge in [0.2, 0.25) is 10.0 Å². The van der Waals surface area contributed by atoms with Crippen molar-refractivity contribution in [1.29, 1.82) is 0 Å². The lowest BCUT2D eigenvalue weighted by atomic mass is 10.1. The van der Waals surface area contributed by atoms with Crippen LogP contribution in [0.15, 0.2) is 23.1 Å². The van der Waals surface area contributed by atoms with Gasteiger partial charge in [-0.3, -0.25) is 0 Å². The second-order valence-corrected chi connectivity index (χ2v) is 7.71. The fourth-order valence-corrected chi connectivity index (χ4v) is 4.23. The second kappa shape index (κ2) is 7.07. The fraction of sp³-hybridized carbons (Fsp3) is 0.571. The largest absolute Gasteiger partial charge is 0.316 e. The summed E-state index contributed by atoms with van der Waals surface area (Å²) in [5, 5.41) is 3.26. The van der Waals surface area contributed by atoms with E-state index in [-0.39, 0.29) is 9.92 Å². The maximum atomic E-state index is 12.4. The molecule has 1 heterocycles. The molecule has 7 heteroatoms. The van der Waals surface area contributed by atoms with Gasteiger partial charge in [0.25, 0.3) is 0 Å². The molecule has 1 atom stereocenters. The minimum atomic E-state index is -3.56. The summed E-state index contributed by atoms with van der Waals surface area (Å²) >= 11 is 6.05. The van der Waals surface area contributed by atoms with Crippen LogP contribution in [0, 0.1) is 5.92 Å². The molecule has 1 saturated heterocycles. The number of benzene rings is 1.